The van der Waals surface area contributed by atoms with Gasteiger partial charge in [0.2, 0.25) is 9.76 Å². The van der Waals surface area contributed by atoms with Crippen molar-refractivity contribution in [1.29, 1.82) is 0 Å². The van der Waals surface area contributed by atoms with Crippen LogP contribution in [0.15, 0.2) is 0 Å². The van der Waals surface area contributed by atoms with Crippen LogP contribution in [0.4, 0.5) is 0 Å². The quantitative estimate of drug-likeness (QED) is 0.427. The van der Waals surface area contributed by atoms with E-state index in [4.69, 9.17) is 13.9 Å². The summed E-state index contributed by atoms with van der Waals surface area (Å²) >= 11 is 0. The Morgan fingerprint density at radius 3 is 2.27 bits per heavy atom. The largest absolute Gasteiger partial charge is 0.418 e. The highest BCUT2D eigenvalue weighted by atomic mass is 28.2. The van der Waals surface area contributed by atoms with Gasteiger partial charge in [-0.2, -0.15) is 0 Å². The molecule has 0 N–H and O–H groups in total. The molecular weight excluding hydrogens is 208 g/mol. The molecule has 0 amide bonds. The van der Waals surface area contributed by atoms with Crippen molar-refractivity contribution >= 4 is 9.76 Å². The van der Waals surface area contributed by atoms with Crippen LogP contribution in [0.2, 0.25) is 0 Å². The predicted molar refractivity (Wildman–Crippen MR) is 65.6 cm³/mol. The van der Waals surface area contributed by atoms with Gasteiger partial charge in [0, 0.05) is 20.8 Å². The Hall–Kier alpha value is 0.0969. The van der Waals surface area contributed by atoms with Gasteiger partial charge >= 0.3 is 0 Å². The SMILES string of the molecule is CCCCC(CC)CO[SiH2]C(OC)OC. The van der Waals surface area contributed by atoms with E-state index in [-0.39, 0.29) is 5.91 Å². The van der Waals surface area contributed by atoms with E-state index in [0.717, 1.165) is 6.61 Å². The van der Waals surface area contributed by atoms with Crippen molar-refractivity contribution < 1.29 is 13.9 Å². The van der Waals surface area contributed by atoms with Gasteiger partial charge in [0.15, 0.2) is 5.91 Å². The molecule has 0 spiro atoms. The Balaban J connectivity index is 3.52. The zero-order valence-electron chi connectivity index (χ0n) is 10.6. The van der Waals surface area contributed by atoms with Crippen LogP contribution in [-0.4, -0.2) is 36.5 Å². The van der Waals surface area contributed by atoms with Crippen LogP contribution in [0.25, 0.3) is 0 Å². The van der Waals surface area contributed by atoms with Gasteiger partial charge in [-0.15, -0.1) is 0 Å². The molecule has 0 bridgehead atoms. The molecule has 4 heteroatoms. The lowest BCUT2D eigenvalue weighted by Gasteiger charge is -2.17. The summed E-state index contributed by atoms with van der Waals surface area (Å²) in [4.78, 5) is 0. The molecule has 0 aliphatic carbocycles. The van der Waals surface area contributed by atoms with E-state index in [1.165, 1.54) is 25.7 Å². The van der Waals surface area contributed by atoms with E-state index in [2.05, 4.69) is 13.8 Å². The maximum Gasteiger partial charge on any atom is 0.223 e. The predicted octanol–water partition coefficient (Wildman–Crippen LogP) is 1.88. The molecule has 15 heavy (non-hydrogen) atoms. The van der Waals surface area contributed by atoms with Crippen molar-refractivity contribution in [2.75, 3.05) is 20.8 Å². The molecule has 1 unspecified atom stereocenters. The molecule has 0 aromatic carbocycles. The summed E-state index contributed by atoms with van der Waals surface area (Å²) in [6.45, 7) is 5.34. The third kappa shape index (κ3) is 7.96. The molecule has 0 aliphatic heterocycles. The number of ether oxygens (including phenoxy) is 2. The summed E-state index contributed by atoms with van der Waals surface area (Å²) in [6, 6.07) is 0. The lowest BCUT2D eigenvalue weighted by molar-refractivity contribution is -0.0535. The first kappa shape index (κ1) is 15.1. The van der Waals surface area contributed by atoms with Crippen LogP contribution in [0, 0.1) is 5.92 Å². The molecule has 0 rings (SSSR count). The molecule has 0 aromatic heterocycles. The molecule has 0 heterocycles. The fourth-order valence-corrected chi connectivity index (χ4v) is 2.40. The third-order valence-corrected chi connectivity index (χ3v) is 4.09. The van der Waals surface area contributed by atoms with Gasteiger partial charge in [-0.05, 0) is 12.3 Å². The first-order valence-electron chi connectivity index (χ1n) is 5.91. The van der Waals surface area contributed by atoms with Crippen molar-refractivity contribution in [3.8, 4) is 0 Å². The summed E-state index contributed by atoms with van der Waals surface area (Å²) < 4.78 is 15.9. The Kier molecular flexibility index (Phi) is 10.7. The second-order valence-electron chi connectivity index (χ2n) is 3.85. The second-order valence-corrected chi connectivity index (χ2v) is 5.26. The zero-order chi connectivity index (χ0) is 11.5. The van der Waals surface area contributed by atoms with Crippen molar-refractivity contribution in [2.45, 2.75) is 45.4 Å². The lowest BCUT2D eigenvalue weighted by atomic mass is 10.0. The van der Waals surface area contributed by atoms with E-state index < -0.39 is 9.76 Å². The van der Waals surface area contributed by atoms with Crippen molar-refractivity contribution in [3.05, 3.63) is 0 Å². The van der Waals surface area contributed by atoms with Gasteiger partial charge in [0.25, 0.3) is 0 Å². The van der Waals surface area contributed by atoms with E-state index >= 15 is 0 Å². The smallest absolute Gasteiger partial charge is 0.223 e. The fourth-order valence-electron chi connectivity index (χ4n) is 1.46. The van der Waals surface area contributed by atoms with E-state index in [9.17, 15) is 0 Å². The fraction of sp³-hybridized carbons (Fsp3) is 1.00. The summed E-state index contributed by atoms with van der Waals surface area (Å²) in [5.41, 5.74) is 0. The van der Waals surface area contributed by atoms with Gasteiger partial charge in [0.05, 0.1) is 0 Å². The number of rotatable bonds is 10. The molecule has 0 saturated heterocycles. The van der Waals surface area contributed by atoms with Crippen molar-refractivity contribution in [3.63, 3.8) is 0 Å². The molecular formula is C11H26O3Si. The maximum atomic E-state index is 5.72. The van der Waals surface area contributed by atoms with Crippen LogP contribution in [0.1, 0.15) is 39.5 Å². The first-order valence-corrected chi connectivity index (χ1v) is 7.31. The molecule has 0 aliphatic rings. The van der Waals surface area contributed by atoms with Gasteiger partial charge in [0.1, 0.15) is 0 Å². The number of hydrogen-bond acceptors (Lipinski definition) is 3. The van der Waals surface area contributed by atoms with Crippen LogP contribution in [0.3, 0.4) is 0 Å². The van der Waals surface area contributed by atoms with E-state index in [1.54, 1.807) is 14.2 Å². The summed E-state index contributed by atoms with van der Waals surface area (Å²) in [6.07, 6.45) is 5.07. The molecule has 92 valence electrons. The summed E-state index contributed by atoms with van der Waals surface area (Å²) in [5.74, 6) is 0.625. The first-order chi connectivity index (χ1) is 7.28. The van der Waals surface area contributed by atoms with Gasteiger partial charge in [-0.1, -0.05) is 33.1 Å². The Morgan fingerprint density at radius 2 is 1.80 bits per heavy atom. The Morgan fingerprint density at radius 1 is 1.13 bits per heavy atom. The molecule has 0 aromatic rings. The minimum Gasteiger partial charge on any atom is -0.418 e. The second kappa shape index (κ2) is 10.6. The molecule has 3 nitrogen and oxygen atoms in total. The van der Waals surface area contributed by atoms with Crippen molar-refractivity contribution in [1.82, 2.24) is 0 Å². The highest BCUT2D eigenvalue weighted by Crippen LogP contribution is 2.12. The summed E-state index contributed by atoms with van der Waals surface area (Å²) in [5, 5.41) is 0. The number of methoxy groups -OCH3 is 2. The number of hydrogen-bond donors (Lipinski definition) is 0. The topological polar surface area (TPSA) is 27.7 Å². The van der Waals surface area contributed by atoms with Crippen LogP contribution < -0.4 is 0 Å². The monoisotopic (exact) mass is 234 g/mol. The van der Waals surface area contributed by atoms with E-state index in [1.807, 2.05) is 0 Å². The third-order valence-electron chi connectivity index (χ3n) is 2.68. The highest BCUT2D eigenvalue weighted by molar-refractivity contribution is 6.28. The molecule has 0 saturated carbocycles. The minimum atomic E-state index is -0.695. The van der Waals surface area contributed by atoms with Crippen LogP contribution >= 0.6 is 0 Å². The average molecular weight is 234 g/mol. The van der Waals surface area contributed by atoms with Crippen molar-refractivity contribution in [2.24, 2.45) is 5.92 Å². The average Bonchev–Trinajstić information content (AvgIpc) is 2.28. The molecule has 0 fully saturated rings. The Labute approximate surface area is 96.4 Å². The standard InChI is InChI=1S/C11H26O3Si/c1-5-7-8-10(6-2)9-14-15-11(12-3)13-4/h10-11H,5-9,15H2,1-4H3. The van der Waals surface area contributed by atoms with Crippen LogP contribution in [-0.2, 0) is 13.9 Å². The normalized spacial score (nSPS) is 14.2. The van der Waals surface area contributed by atoms with E-state index in [0.29, 0.717) is 5.92 Å². The number of unbranched alkanes of at least 4 members (excludes halogenated alkanes) is 1. The van der Waals surface area contributed by atoms with Crippen LogP contribution in [0.5, 0.6) is 0 Å². The molecule has 1 atom stereocenters. The molecule has 0 radical (unpaired) electrons. The maximum absolute atomic E-state index is 5.72. The highest BCUT2D eigenvalue weighted by Gasteiger charge is 2.09. The zero-order valence-corrected chi connectivity index (χ0v) is 12.0. The Bertz CT molecular complexity index is 129. The van der Waals surface area contributed by atoms with Gasteiger partial charge in [-0.25, -0.2) is 0 Å². The minimum absolute atomic E-state index is 0.0892. The van der Waals surface area contributed by atoms with Gasteiger partial charge < -0.3 is 13.9 Å². The van der Waals surface area contributed by atoms with Gasteiger partial charge in [-0.3, -0.25) is 0 Å². The lowest BCUT2D eigenvalue weighted by Crippen LogP contribution is -2.25. The summed E-state index contributed by atoms with van der Waals surface area (Å²) in [7, 11) is 2.64.